The van der Waals surface area contributed by atoms with Crippen LogP contribution in [0, 0.1) is 5.92 Å². The Balaban J connectivity index is 1.43. The molecule has 0 bridgehead atoms. The van der Waals surface area contributed by atoms with Crippen LogP contribution >= 0.6 is 0 Å². The lowest BCUT2D eigenvalue weighted by Crippen LogP contribution is -2.46. The van der Waals surface area contributed by atoms with Crippen LogP contribution in [0.15, 0.2) is 0 Å². The second-order valence-corrected chi connectivity index (χ2v) is 6.74. The quantitative estimate of drug-likeness (QED) is 0.837. The average Bonchev–Trinajstić information content (AvgIpc) is 3.14. The van der Waals surface area contributed by atoms with Gasteiger partial charge in [0.15, 0.2) is 0 Å². The summed E-state index contributed by atoms with van der Waals surface area (Å²) < 4.78 is 26.3. The van der Waals surface area contributed by atoms with E-state index in [4.69, 9.17) is 0 Å². The SMILES string of the molecule is O=C(CN1CCC(C(=O)N2CCC(F)(F)CC2)C1)NC1CC1. The van der Waals surface area contributed by atoms with Gasteiger partial charge >= 0.3 is 0 Å². The molecule has 3 aliphatic rings. The van der Waals surface area contributed by atoms with Crippen molar-refractivity contribution in [1.29, 1.82) is 0 Å². The van der Waals surface area contributed by atoms with Gasteiger partial charge in [-0.1, -0.05) is 0 Å². The largest absolute Gasteiger partial charge is 0.352 e. The van der Waals surface area contributed by atoms with Crippen molar-refractivity contribution in [3.05, 3.63) is 0 Å². The molecule has 3 fully saturated rings. The van der Waals surface area contributed by atoms with Crippen molar-refractivity contribution in [1.82, 2.24) is 15.1 Å². The summed E-state index contributed by atoms with van der Waals surface area (Å²) in [7, 11) is 0. The topological polar surface area (TPSA) is 52.7 Å². The van der Waals surface area contributed by atoms with E-state index < -0.39 is 5.92 Å². The van der Waals surface area contributed by atoms with Crippen molar-refractivity contribution in [3.8, 4) is 0 Å². The lowest BCUT2D eigenvalue weighted by molar-refractivity contribution is -0.141. The maximum Gasteiger partial charge on any atom is 0.251 e. The van der Waals surface area contributed by atoms with Gasteiger partial charge in [-0.15, -0.1) is 0 Å². The van der Waals surface area contributed by atoms with Gasteiger partial charge in [-0.25, -0.2) is 8.78 Å². The molecule has 2 saturated heterocycles. The molecule has 1 unspecified atom stereocenters. The molecule has 124 valence electrons. The summed E-state index contributed by atoms with van der Waals surface area (Å²) in [6.45, 7) is 1.90. The van der Waals surface area contributed by atoms with E-state index in [9.17, 15) is 18.4 Å². The van der Waals surface area contributed by atoms with Crippen LogP contribution in [0.25, 0.3) is 0 Å². The molecular formula is C15H23F2N3O2. The molecular weight excluding hydrogens is 292 g/mol. The van der Waals surface area contributed by atoms with E-state index in [-0.39, 0.29) is 43.7 Å². The van der Waals surface area contributed by atoms with Gasteiger partial charge in [0, 0.05) is 38.5 Å². The first kappa shape index (κ1) is 15.6. The fraction of sp³-hybridized carbons (Fsp3) is 0.867. The summed E-state index contributed by atoms with van der Waals surface area (Å²) in [5, 5.41) is 2.94. The van der Waals surface area contributed by atoms with Crippen LogP contribution in [-0.4, -0.2) is 66.3 Å². The van der Waals surface area contributed by atoms with Crippen LogP contribution in [0.4, 0.5) is 8.78 Å². The predicted octanol–water partition coefficient (Wildman–Crippen LogP) is 0.845. The van der Waals surface area contributed by atoms with Crippen molar-refractivity contribution in [3.63, 3.8) is 0 Å². The number of halogens is 2. The summed E-state index contributed by atoms with van der Waals surface area (Å²) >= 11 is 0. The number of alkyl halides is 2. The zero-order chi connectivity index (χ0) is 15.7. The summed E-state index contributed by atoms with van der Waals surface area (Å²) in [4.78, 5) is 27.7. The number of likely N-dealkylation sites (tertiary alicyclic amines) is 2. The summed E-state index contributed by atoms with van der Waals surface area (Å²) in [6.07, 6.45) is 2.36. The highest BCUT2D eigenvalue weighted by Gasteiger charge is 2.39. The first-order valence-electron chi connectivity index (χ1n) is 8.11. The highest BCUT2D eigenvalue weighted by molar-refractivity contribution is 5.81. The number of carbonyl (C=O) groups is 2. The lowest BCUT2D eigenvalue weighted by atomic mass is 10.0. The fourth-order valence-electron chi connectivity index (χ4n) is 3.19. The van der Waals surface area contributed by atoms with Gasteiger partial charge in [0.2, 0.25) is 11.8 Å². The summed E-state index contributed by atoms with van der Waals surface area (Å²) in [5.74, 6) is -2.78. The Labute approximate surface area is 129 Å². The van der Waals surface area contributed by atoms with E-state index in [2.05, 4.69) is 5.32 Å². The minimum Gasteiger partial charge on any atom is -0.352 e. The van der Waals surface area contributed by atoms with Crippen LogP contribution in [0.5, 0.6) is 0 Å². The van der Waals surface area contributed by atoms with E-state index in [1.165, 1.54) is 0 Å². The Kier molecular flexibility index (Phi) is 4.34. The number of rotatable bonds is 4. The molecule has 0 radical (unpaired) electrons. The number of nitrogens with one attached hydrogen (secondary N) is 1. The van der Waals surface area contributed by atoms with E-state index in [1.807, 2.05) is 4.90 Å². The average molecular weight is 315 g/mol. The normalized spacial score (nSPS) is 28.6. The first-order chi connectivity index (χ1) is 10.4. The van der Waals surface area contributed by atoms with Crippen molar-refractivity contribution < 1.29 is 18.4 Å². The van der Waals surface area contributed by atoms with E-state index in [1.54, 1.807) is 4.90 Å². The first-order valence-corrected chi connectivity index (χ1v) is 8.11. The molecule has 0 aromatic carbocycles. The van der Waals surface area contributed by atoms with E-state index in [0.29, 0.717) is 25.6 Å². The van der Waals surface area contributed by atoms with E-state index in [0.717, 1.165) is 19.4 Å². The minimum absolute atomic E-state index is 0.0215. The molecule has 1 saturated carbocycles. The number of hydrogen-bond acceptors (Lipinski definition) is 3. The molecule has 2 amide bonds. The molecule has 0 spiro atoms. The third-order valence-electron chi connectivity index (χ3n) is 4.74. The number of hydrogen-bond donors (Lipinski definition) is 1. The number of amides is 2. The van der Waals surface area contributed by atoms with Gasteiger partial charge in [0.05, 0.1) is 12.5 Å². The molecule has 3 rings (SSSR count). The molecule has 2 heterocycles. The summed E-state index contributed by atoms with van der Waals surface area (Å²) in [5.41, 5.74) is 0. The van der Waals surface area contributed by atoms with Crippen molar-refractivity contribution in [2.24, 2.45) is 5.92 Å². The van der Waals surface area contributed by atoms with Crippen LogP contribution in [0.3, 0.4) is 0 Å². The van der Waals surface area contributed by atoms with Crippen molar-refractivity contribution in [2.75, 3.05) is 32.7 Å². The third kappa shape index (κ3) is 3.94. The number of piperidine rings is 1. The van der Waals surface area contributed by atoms with Crippen LogP contribution in [-0.2, 0) is 9.59 Å². The van der Waals surface area contributed by atoms with Crippen molar-refractivity contribution >= 4 is 11.8 Å². The Morgan fingerprint density at radius 3 is 2.41 bits per heavy atom. The van der Waals surface area contributed by atoms with Gasteiger partial charge < -0.3 is 10.2 Å². The molecule has 1 N–H and O–H groups in total. The maximum atomic E-state index is 13.1. The summed E-state index contributed by atoms with van der Waals surface area (Å²) in [6, 6.07) is 0.350. The number of carbonyl (C=O) groups excluding carboxylic acids is 2. The molecule has 1 aliphatic carbocycles. The second kappa shape index (κ2) is 6.10. The van der Waals surface area contributed by atoms with Crippen LogP contribution in [0.1, 0.15) is 32.1 Å². The zero-order valence-corrected chi connectivity index (χ0v) is 12.7. The highest BCUT2D eigenvalue weighted by atomic mass is 19.3. The standard InChI is InChI=1S/C15H23F2N3O2/c16-15(17)4-7-20(8-5-15)14(22)11-3-6-19(9-11)10-13(21)18-12-1-2-12/h11-12H,1-10H2,(H,18,21). The van der Waals surface area contributed by atoms with E-state index >= 15 is 0 Å². The number of nitrogens with zero attached hydrogens (tertiary/aromatic N) is 2. The molecule has 0 aromatic rings. The Bertz CT molecular complexity index is 444. The van der Waals surface area contributed by atoms with Gasteiger partial charge in [-0.05, 0) is 25.8 Å². The van der Waals surface area contributed by atoms with Gasteiger partial charge in [0.25, 0.3) is 5.92 Å². The highest BCUT2D eigenvalue weighted by Crippen LogP contribution is 2.29. The van der Waals surface area contributed by atoms with Gasteiger partial charge in [0.1, 0.15) is 0 Å². The maximum absolute atomic E-state index is 13.1. The second-order valence-electron chi connectivity index (χ2n) is 6.74. The third-order valence-corrected chi connectivity index (χ3v) is 4.74. The predicted molar refractivity (Wildman–Crippen MR) is 76.5 cm³/mol. The fourth-order valence-corrected chi connectivity index (χ4v) is 3.19. The Morgan fingerprint density at radius 2 is 1.77 bits per heavy atom. The Hall–Kier alpha value is -1.24. The monoisotopic (exact) mass is 315 g/mol. The Morgan fingerprint density at radius 1 is 1.09 bits per heavy atom. The molecule has 5 nitrogen and oxygen atoms in total. The van der Waals surface area contributed by atoms with Crippen molar-refractivity contribution in [2.45, 2.75) is 44.1 Å². The molecule has 0 aromatic heterocycles. The van der Waals surface area contributed by atoms with Gasteiger partial charge in [-0.3, -0.25) is 14.5 Å². The molecule has 1 atom stereocenters. The van der Waals surface area contributed by atoms with Crippen LogP contribution < -0.4 is 5.32 Å². The molecule has 22 heavy (non-hydrogen) atoms. The molecule has 7 heteroatoms. The zero-order valence-electron chi connectivity index (χ0n) is 12.7. The lowest BCUT2D eigenvalue weighted by Gasteiger charge is -2.33. The van der Waals surface area contributed by atoms with Gasteiger partial charge in [-0.2, -0.15) is 0 Å². The smallest absolute Gasteiger partial charge is 0.251 e. The van der Waals surface area contributed by atoms with Crippen LogP contribution in [0.2, 0.25) is 0 Å². The molecule has 2 aliphatic heterocycles. The minimum atomic E-state index is -2.63.